The summed E-state index contributed by atoms with van der Waals surface area (Å²) in [5.41, 5.74) is -0.542. The Hall–Kier alpha value is -2.81. The van der Waals surface area contributed by atoms with E-state index in [9.17, 15) is 29.6 Å². The monoisotopic (exact) mass is 319 g/mol. The largest absolute Gasteiger partial charge is 0.369 e. The van der Waals surface area contributed by atoms with Crippen molar-refractivity contribution in [3.8, 4) is 0 Å². The summed E-state index contributed by atoms with van der Waals surface area (Å²) < 4.78 is 0. The molecule has 9 heteroatoms. The number of aliphatic hydroxyl groups excluding tert-OH is 1. The zero-order valence-corrected chi connectivity index (χ0v) is 11.9. The Kier molecular flexibility index (Phi) is 3.57. The van der Waals surface area contributed by atoms with Crippen LogP contribution in [0.4, 0.5) is 5.69 Å². The van der Waals surface area contributed by atoms with Gasteiger partial charge in [-0.15, -0.1) is 0 Å². The molecule has 2 heterocycles. The molecule has 1 aromatic rings. The number of nitro groups is 1. The molecule has 120 valence electrons. The minimum absolute atomic E-state index is 0.0903. The zero-order chi connectivity index (χ0) is 16.7. The number of amides is 3. The third kappa shape index (κ3) is 2.34. The van der Waals surface area contributed by atoms with Crippen LogP contribution < -0.4 is 5.32 Å². The lowest BCUT2D eigenvalue weighted by atomic mass is 10.1. The van der Waals surface area contributed by atoms with Gasteiger partial charge >= 0.3 is 0 Å². The smallest absolute Gasteiger partial charge is 0.282 e. The zero-order valence-electron chi connectivity index (χ0n) is 11.9. The molecule has 2 aliphatic rings. The number of carbonyl (C=O) groups is 3. The molecule has 0 bridgehead atoms. The van der Waals surface area contributed by atoms with Gasteiger partial charge < -0.3 is 5.11 Å². The number of rotatable bonds is 2. The average molecular weight is 319 g/mol. The number of hydrogen-bond donors (Lipinski definition) is 2. The number of carbonyl (C=O) groups excluding carboxylic acids is 3. The van der Waals surface area contributed by atoms with E-state index in [4.69, 9.17) is 0 Å². The molecule has 23 heavy (non-hydrogen) atoms. The molecule has 0 aliphatic carbocycles. The number of benzene rings is 1. The number of imide groups is 1. The van der Waals surface area contributed by atoms with Crippen molar-refractivity contribution in [2.45, 2.75) is 31.5 Å². The van der Waals surface area contributed by atoms with Crippen molar-refractivity contribution >= 4 is 23.4 Å². The molecule has 2 atom stereocenters. The van der Waals surface area contributed by atoms with Gasteiger partial charge in [-0.2, -0.15) is 0 Å². The maximum absolute atomic E-state index is 12.6. The lowest BCUT2D eigenvalue weighted by Crippen LogP contribution is -2.48. The van der Waals surface area contributed by atoms with E-state index >= 15 is 0 Å². The first kappa shape index (κ1) is 15.1. The van der Waals surface area contributed by atoms with Gasteiger partial charge in [-0.1, -0.05) is 12.1 Å². The lowest BCUT2D eigenvalue weighted by Gasteiger charge is -2.28. The number of fused-ring (bicyclic) bond motifs is 1. The number of aliphatic hydroxyl groups is 1. The molecule has 0 saturated carbocycles. The summed E-state index contributed by atoms with van der Waals surface area (Å²) in [6.07, 6.45) is -0.742. The fourth-order valence-electron chi connectivity index (χ4n) is 3.00. The van der Waals surface area contributed by atoms with Gasteiger partial charge in [0.15, 0.2) is 6.23 Å². The third-order valence-electron chi connectivity index (χ3n) is 4.04. The van der Waals surface area contributed by atoms with Crippen LogP contribution in [0.2, 0.25) is 0 Å². The van der Waals surface area contributed by atoms with Crippen molar-refractivity contribution in [3.05, 3.63) is 39.4 Å². The average Bonchev–Trinajstić information content (AvgIpc) is 2.64. The fraction of sp³-hybridized carbons (Fsp3) is 0.357. The highest BCUT2D eigenvalue weighted by atomic mass is 16.6. The van der Waals surface area contributed by atoms with Gasteiger partial charge in [-0.25, -0.2) is 0 Å². The Morgan fingerprint density at radius 3 is 2.74 bits per heavy atom. The topological polar surface area (TPSA) is 130 Å². The first-order valence-corrected chi connectivity index (χ1v) is 7.03. The van der Waals surface area contributed by atoms with Gasteiger partial charge in [0, 0.05) is 18.1 Å². The summed E-state index contributed by atoms with van der Waals surface area (Å²) in [5, 5.41) is 23.6. The van der Waals surface area contributed by atoms with Gasteiger partial charge in [0.05, 0.1) is 4.92 Å². The van der Waals surface area contributed by atoms with Crippen molar-refractivity contribution in [1.29, 1.82) is 0 Å². The third-order valence-corrected chi connectivity index (χ3v) is 4.04. The quantitative estimate of drug-likeness (QED) is 0.456. The first-order valence-electron chi connectivity index (χ1n) is 7.03. The van der Waals surface area contributed by atoms with Crippen LogP contribution in [-0.2, 0) is 9.59 Å². The van der Waals surface area contributed by atoms with Crippen LogP contribution in [-0.4, -0.2) is 38.7 Å². The summed E-state index contributed by atoms with van der Waals surface area (Å²) in [6, 6.07) is 2.90. The second-order valence-electron chi connectivity index (χ2n) is 5.41. The molecule has 2 N–H and O–H groups in total. The van der Waals surface area contributed by atoms with Crippen LogP contribution in [0.15, 0.2) is 18.2 Å². The van der Waals surface area contributed by atoms with Gasteiger partial charge in [-0.3, -0.25) is 34.7 Å². The van der Waals surface area contributed by atoms with Crippen LogP contribution in [0.1, 0.15) is 41.4 Å². The van der Waals surface area contributed by atoms with Crippen LogP contribution in [0, 0.1) is 10.1 Å². The molecule has 9 nitrogen and oxygen atoms in total. The number of nitrogens with one attached hydrogen (secondary N) is 1. The minimum Gasteiger partial charge on any atom is -0.369 e. The second-order valence-corrected chi connectivity index (χ2v) is 5.41. The summed E-state index contributed by atoms with van der Waals surface area (Å²) in [4.78, 5) is 47.4. The van der Waals surface area contributed by atoms with Gasteiger partial charge in [0.25, 0.3) is 11.6 Å². The molecule has 2 aliphatic heterocycles. The SMILES string of the molecule is O=C1CCC[C@@H](N2C(=O)c3c(cccc3[N+](=O)[O-])C2O)C(=O)N1. The van der Waals surface area contributed by atoms with Gasteiger partial charge in [0.2, 0.25) is 11.8 Å². The predicted molar refractivity (Wildman–Crippen MR) is 75.0 cm³/mol. The summed E-state index contributed by atoms with van der Waals surface area (Å²) in [5.74, 6) is -1.91. The van der Waals surface area contributed by atoms with Crippen molar-refractivity contribution in [2.75, 3.05) is 0 Å². The molecular formula is C14H13N3O6. The molecular weight excluding hydrogens is 306 g/mol. The summed E-state index contributed by atoms with van der Waals surface area (Å²) in [7, 11) is 0. The summed E-state index contributed by atoms with van der Waals surface area (Å²) in [6.45, 7) is 0. The highest BCUT2D eigenvalue weighted by Gasteiger charge is 2.46. The molecule has 0 radical (unpaired) electrons. The van der Waals surface area contributed by atoms with E-state index < -0.39 is 40.6 Å². The Morgan fingerprint density at radius 2 is 2.04 bits per heavy atom. The van der Waals surface area contributed by atoms with E-state index in [1.165, 1.54) is 18.2 Å². The molecule has 0 spiro atoms. The van der Waals surface area contributed by atoms with Crippen LogP contribution >= 0.6 is 0 Å². The van der Waals surface area contributed by atoms with E-state index in [0.717, 1.165) is 4.90 Å². The van der Waals surface area contributed by atoms with Gasteiger partial charge in [0.1, 0.15) is 11.6 Å². The molecule has 0 aromatic heterocycles. The highest BCUT2D eigenvalue weighted by Crippen LogP contribution is 2.39. The number of nitro benzene ring substituents is 1. The van der Waals surface area contributed by atoms with E-state index in [1.54, 1.807) is 0 Å². The molecule has 1 unspecified atom stereocenters. The van der Waals surface area contributed by atoms with Crippen LogP contribution in [0.5, 0.6) is 0 Å². The Balaban J connectivity index is 2.02. The maximum Gasteiger partial charge on any atom is 0.282 e. The Bertz CT molecular complexity index is 731. The molecule has 1 aromatic carbocycles. The van der Waals surface area contributed by atoms with E-state index in [1.807, 2.05) is 0 Å². The molecule has 1 saturated heterocycles. The fourth-order valence-corrected chi connectivity index (χ4v) is 3.00. The second kappa shape index (κ2) is 5.43. The number of nitrogens with zero attached hydrogens (tertiary/aromatic N) is 2. The number of hydrogen-bond acceptors (Lipinski definition) is 6. The van der Waals surface area contributed by atoms with Crippen LogP contribution in [0.25, 0.3) is 0 Å². The van der Waals surface area contributed by atoms with Crippen molar-refractivity contribution < 1.29 is 24.4 Å². The Labute approximate surface area is 130 Å². The highest BCUT2D eigenvalue weighted by molar-refractivity contribution is 6.06. The molecule has 3 rings (SSSR count). The van der Waals surface area contributed by atoms with Crippen molar-refractivity contribution in [1.82, 2.24) is 10.2 Å². The van der Waals surface area contributed by atoms with Crippen molar-refractivity contribution in [2.24, 2.45) is 0 Å². The molecule has 3 amide bonds. The summed E-state index contributed by atoms with van der Waals surface area (Å²) >= 11 is 0. The predicted octanol–water partition coefficient (Wildman–Crippen LogP) is 0.237. The van der Waals surface area contributed by atoms with Crippen molar-refractivity contribution in [3.63, 3.8) is 0 Å². The van der Waals surface area contributed by atoms with E-state index in [-0.39, 0.29) is 24.0 Å². The Morgan fingerprint density at radius 1 is 1.30 bits per heavy atom. The maximum atomic E-state index is 12.6. The minimum atomic E-state index is -1.46. The lowest BCUT2D eigenvalue weighted by molar-refractivity contribution is -0.385. The normalized spacial score (nSPS) is 24.2. The molecule has 1 fully saturated rings. The first-order chi connectivity index (χ1) is 10.9. The standard InChI is InChI=1S/C14H13N3O6/c18-10-6-2-5-9(12(19)15-10)16-13(20)7-3-1-4-8(17(22)23)11(7)14(16)21/h1,3-4,9,13,20H,2,5-6H2,(H,15,18,19)/t9-,13?/m1/s1. The van der Waals surface area contributed by atoms with Crippen LogP contribution in [0.3, 0.4) is 0 Å². The van der Waals surface area contributed by atoms with Gasteiger partial charge in [-0.05, 0) is 12.8 Å². The van der Waals surface area contributed by atoms with E-state index in [0.29, 0.717) is 6.42 Å². The van der Waals surface area contributed by atoms with E-state index in [2.05, 4.69) is 5.32 Å².